The van der Waals surface area contributed by atoms with E-state index in [0.29, 0.717) is 5.71 Å². The van der Waals surface area contributed by atoms with Gasteiger partial charge in [-0.2, -0.15) is 0 Å². The van der Waals surface area contributed by atoms with Crippen molar-refractivity contribution < 1.29 is 10.3 Å². The number of benzene rings is 1. The third-order valence-electron chi connectivity index (χ3n) is 1.70. The molecule has 0 radical (unpaired) electrons. The Morgan fingerprint density at radius 3 is 2.33 bits per heavy atom. The zero-order valence-electron chi connectivity index (χ0n) is 6.86. The highest BCUT2D eigenvalue weighted by molar-refractivity contribution is 5.98. The zero-order chi connectivity index (χ0) is 8.97. The lowest BCUT2D eigenvalue weighted by Gasteiger charge is -1.99. The van der Waals surface area contributed by atoms with E-state index >= 15 is 0 Å². The molecule has 12 heavy (non-hydrogen) atoms. The fraction of sp³-hybridized carbons (Fsp3) is 0.222. The summed E-state index contributed by atoms with van der Waals surface area (Å²) in [5, 5.41) is 20.3. The topological polar surface area (TPSA) is 52.8 Å². The van der Waals surface area contributed by atoms with E-state index < -0.39 is 0 Å². The van der Waals surface area contributed by atoms with Crippen LogP contribution in [0.25, 0.3) is 0 Å². The van der Waals surface area contributed by atoms with Crippen LogP contribution in [0.4, 0.5) is 0 Å². The van der Waals surface area contributed by atoms with Gasteiger partial charge in [-0.25, -0.2) is 0 Å². The molecular weight excluding hydrogens is 154 g/mol. The zero-order valence-corrected chi connectivity index (χ0v) is 6.86. The van der Waals surface area contributed by atoms with Crippen LogP contribution in [0, 0.1) is 0 Å². The monoisotopic (exact) mass is 165 g/mol. The average molecular weight is 165 g/mol. The van der Waals surface area contributed by atoms with E-state index in [-0.39, 0.29) is 6.61 Å². The highest BCUT2D eigenvalue weighted by Crippen LogP contribution is 2.05. The Balaban J connectivity index is 2.92. The molecule has 2 N–H and O–H groups in total. The standard InChI is InChI=1S/C9H11NO2/c1-7(10-12)9-4-2-8(6-11)3-5-9/h2-5,11-12H,6H2,1H3/b10-7+. The van der Waals surface area contributed by atoms with Crippen molar-refractivity contribution in [1.29, 1.82) is 0 Å². The third kappa shape index (κ3) is 1.83. The first-order valence-corrected chi connectivity index (χ1v) is 3.66. The van der Waals surface area contributed by atoms with Crippen LogP contribution in [0.1, 0.15) is 18.1 Å². The second-order valence-corrected chi connectivity index (χ2v) is 2.54. The van der Waals surface area contributed by atoms with Gasteiger partial charge in [0, 0.05) is 0 Å². The lowest BCUT2D eigenvalue weighted by molar-refractivity contribution is 0.282. The third-order valence-corrected chi connectivity index (χ3v) is 1.70. The van der Waals surface area contributed by atoms with Crippen molar-refractivity contribution in [2.75, 3.05) is 0 Å². The Labute approximate surface area is 71.0 Å². The van der Waals surface area contributed by atoms with E-state index in [9.17, 15) is 0 Å². The minimum Gasteiger partial charge on any atom is -0.411 e. The maximum absolute atomic E-state index is 8.74. The fourth-order valence-electron chi connectivity index (χ4n) is 0.909. The number of hydrogen-bond donors (Lipinski definition) is 2. The summed E-state index contributed by atoms with van der Waals surface area (Å²) >= 11 is 0. The van der Waals surface area contributed by atoms with E-state index in [1.807, 2.05) is 0 Å². The van der Waals surface area contributed by atoms with Gasteiger partial charge in [0.1, 0.15) is 0 Å². The Bertz CT molecular complexity index is 277. The summed E-state index contributed by atoms with van der Waals surface area (Å²) in [6.45, 7) is 1.75. The molecule has 3 heteroatoms. The lowest BCUT2D eigenvalue weighted by Crippen LogP contribution is -1.94. The van der Waals surface area contributed by atoms with Gasteiger partial charge in [-0.1, -0.05) is 29.4 Å². The van der Waals surface area contributed by atoms with E-state index in [4.69, 9.17) is 10.3 Å². The quantitative estimate of drug-likeness (QED) is 0.395. The molecule has 0 heterocycles. The summed E-state index contributed by atoms with van der Waals surface area (Å²) in [4.78, 5) is 0. The average Bonchev–Trinajstić information content (AvgIpc) is 2.17. The molecule has 0 aliphatic rings. The van der Waals surface area contributed by atoms with Crippen molar-refractivity contribution in [1.82, 2.24) is 0 Å². The minimum atomic E-state index is 0.0373. The van der Waals surface area contributed by atoms with Gasteiger partial charge >= 0.3 is 0 Å². The molecule has 0 aliphatic carbocycles. The van der Waals surface area contributed by atoms with Gasteiger partial charge in [0.05, 0.1) is 12.3 Å². The highest BCUT2D eigenvalue weighted by atomic mass is 16.4. The van der Waals surface area contributed by atoms with Crippen molar-refractivity contribution in [2.45, 2.75) is 13.5 Å². The first-order chi connectivity index (χ1) is 5.77. The largest absolute Gasteiger partial charge is 0.411 e. The number of oxime groups is 1. The summed E-state index contributed by atoms with van der Waals surface area (Å²) in [5.41, 5.74) is 2.28. The summed E-state index contributed by atoms with van der Waals surface area (Å²) in [5.74, 6) is 0. The van der Waals surface area contributed by atoms with Gasteiger partial charge in [0.15, 0.2) is 0 Å². The van der Waals surface area contributed by atoms with Crippen molar-refractivity contribution in [2.24, 2.45) is 5.16 Å². The minimum absolute atomic E-state index is 0.0373. The number of aliphatic hydroxyl groups excluding tert-OH is 1. The number of hydrogen-bond acceptors (Lipinski definition) is 3. The van der Waals surface area contributed by atoms with Crippen LogP contribution < -0.4 is 0 Å². The Hall–Kier alpha value is -1.35. The molecule has 64 valence electrons. The van der Waals surface area contributed by atoms with Crippen LogP contribution in [0.3, 0.4) is 0 Å². The van der Waals surface area contributed by atoms with Gasteiger partial charge in [-0.3, -0.25) is 0 Å². The number of rotatable bonds is 2. The maximum atomic E-state index is 8.74. The number of aliphatic hydroxyl groups is 1. The Kier molecular flexibility index (Phi) is 2.82. The smallest absolute Gasteiger partial charge is 0.0836 e. The molecule has 1 aromatic rings. The summed E-state index contributed by atoms with van der Waals surface area (Å²) in [6.07, 6.45) is 0. The predicted octanol–water partition coefficient (Wildman–Crippen LogP) is 1.38. The fourth-order valence-corrected chi connectivity index (χ4v) is 0.909. The number of nitrogens with zero attached hydrogens (tertiary/aromatic N) is 1. The molecule has 0 spiro atoms. The van der Waals surface area contributed by atoms with Gasteiger partial charge in [0.25, 0.3) is 0 Å². The van der Waals surface area contributed by atoms with Gasteiger partial charge in [-0.15, -0.1) is 0 Å². The second kappa shape index (κ2) is 3.88. The van der Waals surface area contributed by atoms with E-state index in [1.165, 1.54) is 0 Å². The van der Waals surface area contributed by atoms with Gasteiger partial charge in [-0.05, 0) is 18.1 Å². The second-order valence-electron chi connectivity index (χ2n) is 2.54. The summed E-state index contributed by atoms with van der Waals surface area (Å²) in [7, 11) is 0. The molecule has 0 amide bonds. The molecule has 0 bridgehead atoms. The molecule has 0 saturated carbocycles. The predicted molar refractivity (Wildman–Crippen MR) is 46.4 cm³/mol. The lowest BCUT2D eigenvalue weighted by atomic mass is 10.1. The van der Waals surface area contributed by atoms with Crippen LogP contribution in [0.2, 0.25) is 0 Å². The molecule has 0 fully saturated rings. The normalized spacial score (nSPS) is 11.7. The maximum Gasteiger partial charge on any atom is 0.0836 e. The SMILES string of the molecule is C/C(=N\O)c1ccc(CO)cc1. The van der Waals surface area contributed by atoms with E-state index in [1.54, 1.807) is 31.2 Å². The molecule has 3 nitrogen and oxygen atoms in total. The van der Waals surface area contributed by atoms with Crippen molar-refractivity contribution in [3.05, 3.63) is 35.4 Å². The van der Waals surface area contributed by atoms with Crippen LogP contribution >= 0.6 is 0 Å². The van der Waals surface area contributed by atoms with Crippen molar-refractivity contribution >= 4 is 5.71 Å². The van der Waals surface area contributed by atoms with Crippen LogP contribution in [-0.4, -0.2) is 16.0 Å². The Morgan fingerprint density at radius 2 is 1.92 bits per heavy atom. The van der Waals surface area contributed by atoms with E-state index in [2.05, 4.69) is 5.16 Å². The Morgan fingerprint density at radius 1 is 1.33 bits per heavy atom. The van der Waals surface area contributed by atoms with Crippen molar-refractivity contribution in [3.8, 4) is 0 Å². The first kappa shape index (κ1) is 8.74. The molecular formula is C9H11NO2. The van der Waals surface area contributed by atoms with E-state index in [0.717, 1.165) is 11.1 Å². The molecule has 0 saturated heterocycles. The van der Waals surface area contributed by atoms with Gasteiger partial charge in [0.2, 0.25) is 0 Å². The molecule has 0 unspecified atom stereocenters. The molecule has 0 aromatic heterocycles. The molecule has 0 aliphatic heterocycles. The highest BCUT2D eigenvalue weighted by Gasteiger charge is 1.96. The van der Waals surface area contributed by atoms with Gasteiger partial charge < -0.3 is 10.3 Å². The van der Waals surface area contributed by atoms with Crippen LogP contribution in [-0.2, 0) is 6.61 Å². The first-order valence-electron chi connectivity index (χ1n) is 3.66. The summed E-state index contributed by atoms with van der Waals surface area (Å²) in [6, 6.07) is 7.20. The van der Waals surface area contributed by atoms with Crippen LogP contribution in [0.15, 0.2) is 29.4 Å². The summed E-state index contributed by atoms with van der Waals surface area (Å²) < 4.78 is 0. The molecule has 1 rings (SSSR count). The van der Waals surface area contributed by atoms with Crippen LogP contribution in [0.5, 0.6) is 0 Å². The molecule has 0 atom stereocenters. The van der Waals surface area contributed by atoms with Crippen molar-refractivity contribution in [3.63, 3.8) is 0 Å². The molecule has 1 aromatic carbocycles.